The smallest absolute Gasteiger partial charge is 0.0369 e. The van der Waals surface area contributed by atoms with Crippen LogP contribution in [0.3, 0.4) is 0 Å². The van der Waals surface area contributed by atoms with Gasteiger partial charge < -0.3 is 5.32 Å². The van der Waals surface area contributed by atoms with Crippen LogP contribution in [0.5, 0.6) is 0 Å². The van der Waals surface area contributed by atoms with Gasteiger partial charge in [-0.15, -0.1) is 0 Å². The second-order valence-electron chi connectivity index (χ2n) is 5.50. The number of aryl methyl sites for hydroxylation is 3. The molecule has 0 aliphatic heterocycles. The molecule has 106 valence electrons. The normalized spacial score (nSPS) is 12.4. The Kier molecular flexibility index (Phi) is 5.00. The minimum atomic E-state index is 0.325. The summed E-state index contributed by atoms with van der Waals surface area (Å²) in [5.74, 6) is 0. The van der Waals surface area contributed by atoms with E-state index in [9.17, 15) is 0 Å². The summed E-state index contributed by atoms with van der Waals surface area (Å²) in [5, 5.41) is 3.44. The lowest BCUT2D eigenvalue weighted by Crippen LogP contribution is -2.19. The zero-order chi connectivity index (χ0) is 14.7. The van der Waals surface area contributed by atoms with Gasteiger partial charge in [0.25, 0.3) is 0 Å². The summed E-state index contributed by atoms with van der Waals surface area (Å²) in [5.41, 5.74) is 6.69. The Morgan fingerprint density at radius 2 is 1.65 bits per heavy atom. The van der Waals surface area contributed by atoms with E-state index >= 15 is 0 Å². The van der Waals surface area contributed by atoms with Crippen molar-refractivity contribution in [2.75, 3.05) is 7.05 Å². The quantitative estimate of drug-likeness (QED) is 0.842. The zero-order valence-corrected chi connectivity index (χ0v) is 14.2. The maximum Gasteiger partial charge on any atom is 0.0369 e. The first-order valence-electron chi connectivity index (χ1n) is 7.00. The van der Waals surface area contributed by atoms with Crippen molar-refractivity contribution in [2.45, 2.75) is 33.2 Å². The molecule has 0 aliphatic carbocycles. The SMILES string of the molecule is CNC(Cc1cc(C)ccc1C)c1ccc(C)cc1Br. The fraction of sp³-hybridized carbons (Fsp3) is 0.333. The van der Waals surface area contributed by atoms with E-state index in [-0.39, 0.29) is 0 Å². The van der Waals surface area contributed by atoms with E-state index in [1.54, 1.807) is 0 Å². The zero-order valence-electron chi connectivity index (χ0n) is 12.6. The molecular formula is C18H22BrN. The number of benzene rings is 2. The molecule has 0 fully saturated rings. The molecule has 0 radical (unpaired) electrons. The van der Waals surface area contributed by atoms with Gasteiger partial charge in [-0.2, -0.15) is 0 Å². The average Bonchev–Trinajstić information content (AvgIpc) is 2.40. The first-order chi connectivity index (χ1) is 9.51. The molecule has 0 saturated heterocycles. The van der Waals surface area contributed by atoms with Gasteiger partial charge in [0.1, 0.15) is 0 Å². The highest BCUT2D eigenvalue weighted by Crippen LogP contribution is 2.28. The summed E-state index contributed by atoms with van der Waals surface area (Å²) in [6.07, 6.45) is 1.01. The number of hydrogen-bond acceptors (Lipinski definition) is 1. The second-order valence-corrected chi connectivity index (χ2v) is 6.35. The van der Waals surface area contributed by atoms with Gasteiger partial charge in [-0.1, -0.05) is 51.8 Å². The predicted molar refractivity (Wildman–Crippen MR) is 90.3 cm³/mol. The largest absolute Gasteiger partial charge is 0.313 e. The molecule has 0 heterocycles. The van der Waals surface area contributed by atoms with Gasteiger partial charge in [0.15, 0.2) is 0 Å². The Hall–Kier alpha value is -1.12. The molecule has 0 bridgehead atoms. The summed E-state index contributed by atoms with van der Waals surface area (Å²) >= 11 is 3.69. The molecule has 2 rings (SSSR count). The summed E-state index contributed by atoms with van der Waals surface area (Å²) in [6.45, 7) is 6.46. The van der Waals surface area contributed by atoms with Crippen LogP contribution in [0.25, 0.3) is 0 Å². The minimum Gasteiger partial charge on any atom is -0.313 e. The maximum absolute atomic E-state index is 3.69. The van der Waals surface area contributed by atoms with Crippen molar-refractivity contribution in [1.29, 1.82) is 0 Å². The number of nitrogens with one attached hydrogen (secondary N) is 1. The van der Waals surface area contributed by atoms with E-state index in [2.05, 4.69) is 78.4 Å². The first kappa shape index (κ1) is 15.3. The Morgan fingerprint density at radius 3 is 2.30 bits per heavy atom. The fourth-order valence-electron chi connectivity index (χ4n) is 2.52. The number of likely N-dealkylation sites (N-methyl/N-ethyl adjacent to an activating group) is 1. The maximum atomic E-state index is 3.69. The molecule has 2 aromatic carbocycles. The van der Waals surface area contributed by atoms with Gasteiger partial charge in [0.2, 0.25) is 0 Å². The van der Waals surface area contributed by atoms with Crippen molar-refractivity contribution < 1.29 is 0 Å². The van der Waals surface area contributed by atoms with Crippen LogP contribution in [-0.2, 0) is 6.42 Å². The number of halogens is 1. The van der Waals surface area contributed by atoms with Gasteiger partial charge in [-0.25, -0.2) is 0 Å². The fourth-order valence-corrected chi connectivity index (χ4v) is 3.29. The molecule has 1 N–H and O–H groups in total. The van der Waals surface area contributed by atoms with Gasteiger partial charge in [0, 0.05) is 10.5 Å². The molecule has 1 unspecified atom stereocenters. The van der Waals surface area contributed by atoms with Gasteiger partial charge in [-0.3, -0.25) is 0 Å². The molecule has 0 amide bonds. The number of hydrogen-bond donors (Lipinski definition) is 1. The average molecular weight is 332 g/mol. The highest BCUT2D eigenvalue weighted by molar-refractivity contribution is 9.10. The van der Waals surface area contributed by atoms with Crippen molar-refractivity contribution in [3.05, 3.63) is 68.7 Å². The van der Waals surface area contributed by atoms with Gasteiger partial charge >= 0.3 is 0 Å². The van der Waals surface area contributed by atoms with Crippen LogP contribution < -0.4 is 5.32 Å². The predicted octanol–water partition coefficient (Wildman–Crippen LogP) is 4.88. The minimum absolute atomic E-state index is 0.325. The Labute approximate surface area is 130 Å². The first-order valence-corrected chi connectivity index (χ1v) is 7.80. The van der Waals surface area contributed by atoms with Crippen LogP contribution in [-0.4, -0.2) is 7.05 Å². The highest BCUT2D eigenvalue weighted by atomic mass is 79.9. The molecule has 0 saturated carbocycles. The summed E-state index contributed by atoms with van der Waals surface area (Å²) in [7, 11) is 2.03. The third kappa shape index (κ3) is 3.50. The van der Waals surface area contributed by atoms with E-state index in [0.717, 1.165) is 6.42 Å². The Bertz CT molecular complexity index is 604. The molecule has 1 atom stereocenters. The summed E-state index contributed by atoms with van der Waals surface area (Å²) in [6, 6.07) is 13.6. The van der Waals surface area contributed by atoms with Crippen LogP contribution in [0, 0.1) is 20.8 Å². The van der Waals surface area contributed by atoms with E-state index in [4.69, 9.17) is 0 Å². The molecule has 20 heavy (non-hydrogen) atoms. The van der Waals surface area contributed by atoms with Crippen molar-refractivity contribution in [3.63, 3.8) is 0 Å². The Balaban J connectivity index is 2.31. The third-order valence-corrected chi connectivity index (χ3v) is 4.50. The lowest BCUT2D eigenvalue weighted by Gasteiger charge is -2.20. The summed E-state index contributed by atoms with van der Waals surface area (Å²) in [4.78, 5) is 0. The van der Waals surface area contributed by atoms with E-state index in [1.807, 2.05) is 7.05 Å². The van der Waals surface area contributed by atoms with E-state index in [1.165, 1.54) is 32.3 Å². The van der Waals surface area contributed by atoms with E-state index < -0.39 is 0 Å². The van der Waals surface area contributed by atoms with Crippen molar-refractivity contribution in [3.8, 4) is 0 Å². The van der Waals surface area contributed by atoms with Crippen LogP contribution >= 0.6 is 15.9 Å². The number of rotatable bonds is 4. The molecule has 0 aromatic heterocycles. The lowest BCUT2D eigenvalue weighted by molar-refractivity contribution is 0.588. The molecule has 1 nitrogen and oxygen atoms in total. The lowest BCUT2D eigenvalue weighted by atomic mass is 9.94. The molecule has 2 aromatic rings. The van der Waals surface area contributed by atoms with Crippen molar-refractivity contribution in [1.82, 2.24) is 5.32 Å². The monoisotopic (exact) mass is 331 g/mol. The highest BCUT2D eigenvalue weighted by Gasteiger charge is 2.14. The molecule has 0 spiro atoms. The van der Waals surface area contributed by atoms with E-state index in [0.29, 0.717) is 6.04 Å². The second kappa shape index (κ2) is 6.55. The molecule has 0 aliphatic rings. The van der Waals surface area contributed by atoms with Crippen LogP contribution in [0.15, 0.2) is 40.9 Å². The van der Waals surface area contributed by atoms with Crippen LogP contribution in [0.1, 0.15) is 33.9 Å². The van der Waals surface area contributed by atoms with Crippen molar-refractivity contribution in [2.24, 2.45) is 0 Å². The van der Waals surface area contributed by atoms with Gasteiger partial charge in [0.05, 0.1) is 0 Å². The standard InChI is InChI=1S/C18H22BrN/c1-12-5-7-14(3)15(9-12)11-18(20-4)16-8-6-13(2)10-17(16)19/h5-10,18,20H,11H2,1-4H3. The summed E-state index contributed by atoms with van der Waals surface area (Å²) < 4.78 is 1.18. The van der Waals surface area contributed by atoms with Crippen LogP contribution in [0.2, 0.25) is 0 Å². The topological polar surface area (TPSA) is 12.0 Å². The third-order valence-electron chi connectivity index (χ3n) is 3.81. The van der Waals surface area contributed by atoms with Crippen molar-refractivity contribution >= 4 is 15.9 Å². The van der Waals surface area contributed by atoms with Crippen LogP contribution in [0.4, 0.5) is 0 Å². The molecule has 2 heteroatoms. The molecular weight excluding hydrogens is 310 g/mol. The Morgan fingerprint density at radius 1 is 1.00 bits per heavy atom. The van der Waals surface area contributed by atoms with Gasteiger partial charge in [-0.05, 0) is 62.6 Å².